The molecule has 1 aliphatic rings. The maximum Gasteiger partial charge on any atom is 0.269 e. The molecule has 1 aliphatic heterocycles. The molecular weight excluding hydrogens is 206 g/mol. The fourth-order valence-corrected chi connectivity index (χ4v) is 1.81. The van der Waals surface area contributed by atoms with Crippen LogP contribution in [0.3, 0.4) is 0 Å². The summed E-state index contributed by atoms with van der Waals surface area (Å²) in [5.41, 5.74) is 1.13. The van der Waals surface area contributed by atoms with Crippen molar-refractivity contribution >= 4 is 17.7 Å². The maximum absolute atomic E-state index is 10.5. The van der Waals surface area contributed by atoms with Crippen molar-refractivity contribution < 1.29 is 9.50 Å². The van der Waals surface area contributed by atoms with Crippen molar-refractivity contribution in [1.82, 2.24) is 0 Å². The van der Waals surface area contributed by atoms with Gasteiger partial charge in [0.1, 0.15) is 5.69 Å². The minimum Gasteiger partial charge on any atom is -0.271 e. The zero-order chi connectivity index (χ0) is 11.5. The van der Waals surface area contributed by atoms with Gasteiger partial charge in [-0.15, -0.1) is 0 Å². The number of benzene rings is 1. The number of hydrogen-bond donors (Lipinski definition) is 0. The van der Waals surface area contributed by atoms with Crippen LogP contribution in [0, 0.1) is 10.1 Å². The molecule has 0 aromatic heterocycles. The number of non-ortho nitro benzene ring substituents is 1. The summed E-state index contributed by atoms with van der Waals surface area (Å²) >= 11 is 0. The summed E-state index contributed by atoms with van der Waals surface area (Å²) in [6.07, 6.45) is 3.13. The van der Waals surface area contributed by atoms with E-state index in [0.717, 1.165) is 25.2 Å². The molecule has 0 N–H and O–H groups in total. The van der Waals surface area contributed by atoms with Gasteiger partial charge in [-0.3, -0.25) is 14.7 Å². The average molecular weight is 220 g/mol. The Morgan fingerprint density at radius 1 is 1.38 bits per heavy atom. The first-order valence-corrected chi connectivity index (χ1v) is 5.23. The van der Waals surface area contributed by atoms with E-state index in [1.165, 1.54) is 12.1 Å². The molecule has 0 spiro atoms. The Bertz CT molecular complexity index is 425. The second kappa shape index (κ2) is 4.30. The van der Waals surface area contributed by atoms with E-state index in [4.69, 9.17) is 0 Å². The highest BCUT2D eigenvalue weighted by molar-refractivity contribution is 5.76. The van der Waals surface area contributed by atoms with Crippen molar-refractivity contribution in [2.24, 2.45) is 0 Å². The van der Waals surface area contributed by atoms with Gasteiger partial charge in [0.25, 0.3) is 5.69 Å². The van der Waals surface area contributed by atoms with E-state index < -0.39 is 0 Å². The topological polar surface area (TPSA) is 49.4 Å². The van der Waals surface area contributed by atoms with Crippen LogP contribution >= 0.6 is 0 Å². The van der Waals surface area contributed by atoms with Crippen LogP contribution in [0.1, 0.15) is 6.42 Å². The Morgan fingerprint density at radius 2 is 2.06 bits per heavy atom. The molecule has 0 saturated carbocycles. The summed E-state index contributed by atoms with van der Waals surface area (Å²) in [7, 11) is 2.03. The quantitative estimate of drug-likeness (QED) is 0.431. The largest absolute Gasteiger partial charge is 0.271 e. The van der Waals surface area contributed by atoms with Crippen molar-refractivity contribution in [3.05, 3.63) is 34.4 Å². The lowest BCUT2D eigenvalue weighted by Gasteiger charge is -2.18. The Labute approximate surface area is 93.8 Å². The second-order valence-electron chi connectivity index (χ2n) is 3.92. The van der Waals surface area contributed by atoms with Crippen molar-refractivity contribution in [3.8, 4) is 0 Å². The van der Waals surface area contributed by atoms with Crippen molar-refractivity contribution in [2.45, 2.75) is 6.42 Å². The van der Waals surface area contributed by atoms with E-state index >= 15 is 0 Å². The summed E-state index contributed by atoms with van der Waals surface area (Å²) in [6.45, 7) is 2.02. The second-order valence-corrected chi connectivity index (χ2v) is 3.92. The van der Waals surface area contributed by atoms with E-state index in [9.17, 15) is 10.1 Å². The normalized spacial score (nSPS) is 15.8. The molecule has 1 heterocycles. The zero-order valence-electron chi connectivity index (χ0n) is 9.17. The van der Waals surface area contributed by atoms with Crippen LogP contribution in [0.4, 0.5) is 11.4 Å². The Morgan fingerprint density at radius 3 is 2.62 bits per heavy atom. The lowest BCUT2D eigenvalue weighted by molar-refractivity contribution is -0.496. The molecular formula is C11H14N3O2+. The van der Waals surface area contributed by atoms with Crippen LogP contribution in [0.5, 0.6) is 0 Å². The first kappa shape index (κ1) is 10.6. The van der Waals surface area contributed by atoms with E-state index in [-0.39, 0.29) is 10.6 Å². The summed E-state index contributed by atoms with van der Waals surface area (Å²) in [5.74, 6) is 0. The molecule has 1 aromatic rings. The summed E-state index contributed by atoms with van der Waals surface area (Å²) < 4.78 is 2.12. The summed E-state index contributed by atoms with van der Waals surface area (Å²) in [5, 5.41) is 10.5. The molecule has 0 fully saturated rings. The smallest absolute Gasteiger partial charge is 0.269 e. The van der Waals surface area contributed by atoms with Gasteiger partial charge in [-0.25, -0.2) is 4.90 Å². The molecule has 84 valence electrons. The highest BCUT2D eigenvalue weighted by Gasteiger charge is 2.17. The number of hydrogen-bond acceptors (Lipinski definition) is 3. The van der Waals surface area contributed by atoms with Gasteiger partial charge in [-0.1, -0.05) is 0 Å². The number of rotatable bonds is 2. The van der Waals surface area contributed by atoms with E-state index in [2.05, 4.69) is 9.48 Å². The molecule has 0 unspecified atom stereocenters. The summed E-state index contributed by atoms with van der Waals surface area (Å²) in [4.78, 5) is 12.2. The van der Waals surface area contributed by atoms with Gasteiger partial charge in [0, 0.05) is 18.6 Å². The molecule has 0 bridgehead atoms. The van der Waals surface area contributed by atoms with Crippen LogP contribution in [0.2, 0.25) is 0 Å². The molecule has 1 aromatic carbocycles. The van der Waals surface area contributed by atoms with Gasteiger partial charge in [-0.05, 0) is 12.1 Å². The Kier molecular flexibility index (Phi) is 2.85. The third kappa shape index (κ3) is 2.18. The van der Waals surface area contributed by atoms with Gasteiger partial charge < -0.3 is 0 Å². The predicted octanol–water partition coefficient (Wildman–Crippen LogP) is 1.48. The minimum atomic E-state index is -0.379. The standard InChI is InChI=1S/C11H14N3O2/c1-12-7-2-8-13(9-12)10-3-5-11(6-4-10)14(15)16/h3-6,9H,2,7-8H2,1H3/q+1. The Hall–Kier alpha value is -1.91. The SMILES string of the molecule is C[N+]1=CN(c2ccc([N+](=O)[O-])cc2)CCC1. The van der Waals surface area contributed by atoms with Gasteiger partial charge in [-0.2, -0.15) is 0 Å². The third-order valence-electron chi connectivity index (χ3n) is 2.64. The van der Waals surface area contributed by atoms with Gasteiger partial charge in [0.05, 0.1) is 25.1 Å². The lowest BCUT2D eigenvalue weighted by Crippen LogP contribution is -2.34. The molecule has 5 nitrogen and oxygen atoms in total. The number of nitrogens with zero attached hydrogens (tertiary/aromatic N) is 3. The summed E-state index contributed by atoms with van der Waals surface area (Å²) in [6, 6.07) is 6.65. The third-order valence-corrected chi connectivity index (χ3v) is 2.64. The lowest BCUT2D eigenvalue weighted by atomic mass is 10.2. The number of anilines is 1. The van der Waals surface area contributed by atoms with Crippen LogP contribution in [0.25, 0.3) is 0 Å². The van der Waals surface area contributed by atoms with Crippen molar-refractivity contribution in [2.75, 3.05) is 25.0 Å². The monoisotopic (exact) mass is 220 g/mol. The maximum atomic E-state index is 10.5. The molecule has 16 heavy (non-hydrogen) atoms. The van der Waals surface area contributed by atoms with Crippen LogP contribution in [-0.4, -0.2) is 36.0 Å². The van der Waals surface area contributed by atoms with Crippen molar-refractivity contribution in [3.63, 3.8) is 0 Å². The number of nitro groups is 1. The molecule has 2 rings (SSSR count). The molecule has 5 heteroatoms. The fourth-order valence-electron chi connectivity index (χ4n) is 1.81. The van der Waals surface area contributed by atoms with Gasteiger partial charge in [0.2, 0.25) is 6.34 Å². The highest BCUT2D eigenvalue weighted by atomic mass is 16.6. The Balaban J connectivity index is 2.21. The molecule has 0 saturated heterocycles. The fraction of sp³-hybridized carbons (Fsp3) is 0.364. The molecule has 0 amide bonds. The number of nitro benzene ring substituents is 1. The van der Waals surface area contributed by atoms with Gasteiger partial charge >= 0.3 is 0 Å². The van der Waals surface area contributed by atoms with E-state index in [1.54, 1.807) is 12.1 Å². The highest BCUT2D eigenvalue weighted by Crippen LogP contribution is 2.19. The van der Waals surface area contributed by atoms with Gasteiger partial charge in [0.15, 0.2) is 0 Å². The molecule has 0 radical (unpaired) electrons. The predicted molar refractivity (Wildman–Crippen MR) is 62.2 cm³/mol. The van der Waals surface area contributed by atoms with Crippen molar-refractivity contribution in [1.29, 1.82) is 0 Å². The first-order chi connectivity index (χ1) is 7.66. The molecule has 0 atom stereocenters. The van der Waals surface area contributed by atoms with E-state index in [0.29, 0.717) is 0 Å². The van der Waals surface area contributed by atoms with Crippen LogP contribution in [0.15, 0.2) is 24.3 Å². The minimum absolute atomic E-state index is 0.133. The average Bonchev–Trinajstić information content (AvgIpc) is 2.29. The van der Waals surface area contributed by atoms with E-state index in [1.807, 2.05) is 13.4 Å². The first-order valence-electron chi connectivity index (χ1n) is 5.23. The molecule has 0 aliphatic carbocycles. The van der Waals surface area contributed by atoms with Crippen LogP contribution < -0.4 is 4.90 Å². The van der Waals surface area contributed by atoms with Crippen LogP contribution in [-0.2, 0) is 0 Å². The zero-order valence-corrected chi connectivity index (χ0v) is 9.17.